The van der Waals surface area contributed by atoms with E-state index in [1.807, 2.05) is 19.1 Å². The fraction of sp³-hybridized carbons (Fsp3) is 0.294. The average molecular weight is 352 g/mol. The summed E-state index contributed by atoms with van der Waals surface area (Å²) in [7, 11) is 0. The molecule has 2 nitrogen and oxygen atoms in total. The van der Waals surface area contributed by atoms with Gasteiger partial charge >= 0.3 is 0 Å². The standard InChI is InChI=1S/C17H19BrFNO/c1-3-14(20)9-12-8-11(2)4-7-16(12)21-17-10-13(19)5-6-15(17)18/h4-8,10,14H,3,9,20H2,1-2H3. The smallest absolute Gasteiger partial charge is 0.144 e. The monoisotopic (exact) mass is 351 g/mol. The van der Waals surface area contributed by atoms with E-state index in [2.05, 4.69) is 28.9 Å². The zero-order chi connectivity index (χ0) is 15.4. The Hall–Kier alpha value is -1.39. The molecule has 0 aliphatic rings. The van der Waals surface area contributed by atoms with Crippen LogP contribution in [0.3, 0.4) is 0 Å². The summed E-state index contributed by atoms with van der Waals surface area (Å²) < 4.78 is 20.0. The highest BCUT2D eigenvalue weighted by Crippen LogP contribution is 2.33. The number of aryl methyl sites for hydroxylation is 1. The summed E-state index contributed by atoms with van der Waals surface area (Å²) in [5.41, 5.74) is 8.24. The molecule has 4 heteroatoms. The second kappa shape index (κ2) is 7.05. The van der Waals surface area contributed by atoms with Crippen LogP contribution < -0.4 is 10.5 Å². The molecular formula is C17H19BrFNO. The third-order valence-corrected chi connectivity index (χ3v) is 3.99. The molecule has 2 rings (SSSR count). The van der Waals surface area contributed by atoms with Gasteiger partial charge < -0.3 is 10.5 Å². The van der Waals surface area contributed by atoms with Gasteiger partial charge in [-0.2, -0.15) is 0 Å². The van der Waals surface area contributed by atoms with Crippen molar-refractivity contribution in [1.29, 1.82) is 0 Å². The molecule has 0 spiro atoms. The zero-order valence-corrected chi connectivity index (χ0v) is 13.8. The largest absolute Gasteiger partial charge is 0.456 e. The second-order valence-corrected chi connectivity index (χ2v) is 6.01. The first-order valence-corrected chi connectivity index (χ1v) is 7.77. The summed E-state index contributed by atoms with van der Waals surface area (Å²) >= 11 is 3.38. The Morgan fingerprint density at radius 1 is 1.19 bits per heavy atom. The molecule has 0 aliphatic carbocycles. The van der Waals surface area contributed by atoms with Crippen LogP contribution in [0.25, 0.3) is 0 Å². The fourth-order valence-corrected chi connectivity index (χ4v) is 2.40. The molecule has 0 saturated heterocycles. The van der Waals surface area contributed by atoms with Crippen LogP contribution in [0.5, 0.6) is 11.5 Å². The number of ether oxygens (including phenoxy) is 1. The summed E-state index contributed by atoms with van der Waals surface area (Å²) in [4.78, 5) is 0. The van der Waals surface area contributed by atoms with Crippen molar-refractivity contribution in [3.63, 3.8) is 0 Å². The molecule has 0 bridgehead atoms. The molecule has 1 atom stereocenters. The Kier molecular flexibility index (Phi) is 5.37. The third-order valence-electron chi connectivity index (χ3n) is 3.34. The molecule has 0 radical (unpaired) electrons. The first-order valence-electron chi connectivity index (χ1n) is 6.97. The Morgan fingerprint density at radius 2 is 1.95 bits per heavy atom. The van der Waals surface area contributed by atoms with Gasteiger partial charge in [0.05, 0.1) is 4.47 Å². The maximum Gasteiger partial charge on any atom is 0.144 e. The Balaban J connectivity index is 2.32. The van der Waals surface area contributed by atoms with Crippen LogP contribution in [-0.4, -0.2) is 6.04 Å². The SMILES string of the molecule is CCC(N)Cc1cc(C)ccc1Oc1cc(F)ccc1Br. The summed E-state index contributed by atoms with van der Waals surface area (Å²) in [5, 5.41) is 0. The van der Waals surface area contributed by atoms with Gasteiger partial charge in [-0.1, -0.05) is 24.6 Å². The molecule has 2 N–H and O–H groups in total. The molecular weight excluding hydrogens is 333 g/mol. The highest BCUT2D eigenvalue weighted by atomic mass is 79.9. The highest BCUT2D eigenvalue weighted by Gasteiger charge is 2.11. The van der Waals surface area contributed by atoms with Crippen molar-refractivity contribution < 1.29 is 9.13 Å². The molecule has 0 amide bonds. The predicted molar refractivity (Wildman–Crippen MR) is 87.3 cm³/mol. The van der Waals surface area contributed by atoms with E-state index in [0.29, 0.717) is 5.75 Å². The van der Waals surface area contributed by atoms with Crippen LogP contribution in [0.2, 0.25) is 0 Å². The van der Waals surface area contributed by atoms with E-state index in [-0.39, 0.29) is 11.9 Å². The number of benzene rings is 2. The number of rotatable bonds is 5. The molecule has 0 heterocycles. The molecule has 2 aromatic carbocycles. The predicted octanol–water partition coefficient (Wildman–Crippen LogP) is 4.97. The zero-order valence-electron chi connectivity index (χ0n) is 12.2. The van der Waals surface area contributed by atoms with Crippen molar-refractivity contribution in [3.05, 3.63) is 57.8 Å². The van der Waals surface area contributed by atoms with Gasteiger partial charge in [0.15, 0.2) is 0 Å². The lowest BCUT2D eigenvalue weighted by atomic mass is 10.0. The minimum Gasteiger partial charge on any atom is -0.456 e. The third kappa shape index (κ3) is 4.29. The summed E-state index contributed by atoms with van der Waals surface area (Å²) in [6, 6.07) is 10.4. The van der Waals surface area contributed by atoms with Crippen LogP contribution >= 0.6 is 15.9 Å². The van der Waals surface area contributed by atoms with Gasteiger partial charge in [0, 0.05) is 12.1 Å². The summed E-state index contributed by atoms with van der Waals surface area (Å²) in [6.45, 7) is 4.09. The first-order chi connectivity index (χ1) is 9.99. The van der Waals surface area contributed by atoms with Crippen LogP contribution in [-0.2, 0) is 6.42 Å². The van der Waals surface area contributed by atoms with Crippen molar-refractivity contribution in [3.8, 4) is 11.5 Å². The van der Waals surface area contributed by atoms with Crippen molar-refractivity contribution >= 4 is 15.9 Å². The fourth-order valence-electron chi connectivity index (χ4n) is 2.07. The van der Waals surface area contributed by atoms with Crippen LogP contribution in [0.1, 0.15) is 24.5 Å². The summed E-state index contributed by atoms with van der Waals surface area (Å²) in [5.74, 6) is 0.855. The quantitative estimate of drug-likeness (QED) is 0.825. The van der Waals surface area contributed by atoms with Crippen LogP contribution in [0.4, 0.5) is 4.39 Å². The molecule has 21 heavy (non-hydrogen) atoms. The number of hydrogen-bond acceptors (Lipinski definition) is 2. The molecule has 2 aromatic rings. The Morgan fingerprint density at radius 3 is 2.67 bits per heavy atom. The minimum absolute atomic E-state index is 0.0881. The molecule has 0 aromatic heterocycles. The van der Waals surface area contributed by atoms with Gasteiger partial charge in [0.1, 0.15) is 17.3 Å². The molecule has 0 fully saturated rings. The highest BCUT2D eigenvalue weighted by molar-refractivity contribution is 9.10. The van der Waals surface area contributed by atoms with E-state index in [1.54, 1.807) is 6.07 Å². The maximum atomic E-state index is 13.4. The van der Waals surface area contributed by atoms with Crippen molar-refractivity contribution in [2.45, 2.75) is 32.7 Å². The number of hydrogen-bond donors (Lipinski definition) is 1. The lowest BCUT2D eigenvalue weighted by molar-refractivity contribution is 0.464. The van der Waals surface area contributed by atoms with E-state index >= 15 is 0 Å². The van der Waals surface area contributed by atoms with E-state index < -0.39 is 0 Å². The molecule has 112 valence electrons. The number of halogens is 2. The minimum atomic E-state index is -0.327. The normalized spacial score (nSPS) is 12.2. The van der Waals surface area contributed by atoms with Crippen molar-refractivity contribution in [2.75, 3.05) is 0 Å². The van der Waals surface area contributed by atoms with Gasteiger partial charge in [0.25, 0.3) is 0 Å². The van der Waals surface area contributed by atoms with E-state index in [9.17, 15) is 4.39 Å². The van der Waals surface area contributed by atoms with Gasteiger partial charge in [-0.3, -0.25) is 0 Å². The van der Waals surface area contributed by atoms with Crippen LogP contribution in [0.15, 0.2) is 40.9 Å². The second-order valence-electron chi connectivity index (χ2n) is 5.16. The molecule has 0 aliphatic heterocycles. The van der Waals surface area contributed by atoms with Gasteiger partial charge in [-0.05, 0) is 59.5 Å². The first kappa shape index (κ1) is 16.0. The Bertz CT molecular complexity index is 630. The van der Waals surface area contributed by atoms with Crippen molar-refractivity contribution in [1.82, 2.24) is 0 Å². The van der Waals surface area contributed by atoms with Gasteiger partial charge in [-0.25, -0.2) is 4.39 Å². The average Bonchev–Trinajstić information content (AvgIpc) is 2.45. The topological polar surface area (TPSA) is 35.2 Å². The lowest BCUT2D eigenvalue weighted by Gasteiger charge is -2.15. The van der Waals surface area contributed by atoms with Crippen molar-refractivity contribution in [2.24, 2.45) is 5.73 Å². The van der Waals surface area contributed by atoms with E-state index in [4.69, 9.17) is 10.5 Å². The van der Waals surface area contributed by atoms with E-state index in [0.717, 1.165) is 34.2 Å². The van der Waals surface area contributed by atoms with E-state index in [1.165, 1.54) is 12.1 Å². The number of nitrogens with two attached hydrogens (primary N) is 1. The van der Waals surface area contributed by atoms with Crippen LogP contribution in [0, 0.1) is 12.7 Å². The van der Waals surface area contributed by atoms with Gasteiger partial charge in [0.2, 0.25) is 0 Å². The maximum absolute atomic E-state index is 13.4. The Labute approximate surface area is 133 Å². The lowest BCUT2D eigenvalue weighted by Crippen LogP contribution is -2.21. The van der Waals surface area contributed by atoms with Gasteiger partial charge in [-0.15, -0.1) is 0 Å². The molecule has 1 unspecified atom stereocenters. The summed E-state index contributed by atoms with van der Waals surface area (Å²) in [6.07, 6.45) is 1.64. The molecule has 0 saturated carbocycles.